The van der Waals surface area contributed by atoms with E-state index in [9.17, 15) is 9.59 Å². The first kappa shape index (κ1) is 17.9. The van der Waals surface area contributed by atoms with Crippen molar-refractivity contribution in [2.24, 2.45) is 15.9 Å². The molecule has 132 valence electrons. The number of benzene rings is 1. The minimum absolute atomic E-state index is 0.102. The minimum atomic E-state index is -0.373. The van der Waals surface area contributed by atoms with Crippen molar-refractivity contribution in [2.45, 2.75) is 51.2 Å². The molecule has 0 radical (unpaired) electrons. The third-order valence-electron chi connectivity index (χ3n) is 4.60. The van der Waals surface area contributed by atoms with Crippen LogP contribution in [0.4, 0.5) is 5.69 Å². The zero-order valence-electron chi connectivity index (χ0n) is 14.6. The molecule has 1 aromatic carbocycles. The molecule has 25 heavy (non-hydrogen) atoms. The van der Waals surface area contributed by atoms with Gasteiger partial charge in [-0.2, -0.15) is 4.99 Å². The lowest BCUT2D eigenvalue weighted by atomic mass is 9.86. The number of hydrogen-bond donors (Lipinski definition) is 1. The van der Waals surface area contributed by atoms with Crippen LogP contribution in [-0.2, 0) is 16.0 Å². The minimum Gasteiger partial charge on any atom is -0.325 e. The number of hydrogen-bond acceptors (Lipinski definition) is 4. The van der Waals surface area contributed by atoms with Crippen molar-refractivity contribution in [3.05, 3.63) is 29.8 Å². The Kier molecular flexibility index (Phi) is 5.68. The zero-order chi connectivity index (χ0) is 17.8. The van der Waals surface area contributed by atoms with Crippen LogP contribution in [0.2, 0.25) is 0 Å². The molecule has 1 N–H and O–H groups in total. The molecular weight excluding hydrogens is 334 g/mol. The molecule has 0 saturated heterocycles. The predicted octanol–water partition coefficient (Wildman–Crippen LogP) is 3.84. The van der Waals surface area contributed by atoms with Crippen LogP contribution < -0.4 is 5.32 Å². The summed E-state index contributed by atoms with van der Waals surface area (Å²) in [6, 6.07) is 7.82. The van der Waals surface area contributed by atoms with E-state index in [1.54, 1.807) is 6.92 Å². The van der Waals surface area contributed by atoms with Crippen LogP contribution in [0.1, 0.15) is 45.1 Å². The Hall–Kier alpha value is -1.95. The fourth-order valence-corrected chi connectivity index (χ4v) is 3.84. The van der Waals surface area contributed by atoms with E-state index < -0.39 is 0 Å². The fraction of sp³-hybridized carbons (Fsp3) is 0.474. The predicted molar refractivity (Wildman–Crippen MR) is 103 cm³/mol. The number of anilines is 1. The molecule has 0 bridgehead atoms. The standard InChI is InChI=1S/C19H23N3O2S/c1-3-13-8-10-14(11-9-13)20-17(23)12(2)25-19-21-16-7-5-4-6-15(16)18(24)22-19/h8-12,15H,3-7H2,1-2H3,(H,20,23). The first-order valence-corrected chi connectivity index (χ1v) is 9.71. The van der Waals surface area contributed by atoms with Gasteiger partial charge in [0.1, 0.15) is 0 Å². The van der Waals surface area contributed by atoms with E-state index in [-0.39, 0.29) is 23.0 Å². The van der Waals surface area contributed by atoms with Crippen LogP contribution in [0.25, 0.3) is 0 Å². The highest BCUT2D eigenvalue weighted by atomic mass is 32.2. The lowest BCUT2D eigenvalue weighted by Crippen LogP contribution is -2.31. The Labute approximate surface area is 152 Å². The molecule has 3 rings (SSSR count). The molecule has 2 amide bonds. The van der Waals surface area contributed by atoms with E-state index in [0.717, 1.165) is 43.5 Å². The van der Waals surface area contributed by atoms with Crippen molar-refractivity contribution in [2.75, 3.05) is 5.32 Å². The summed E-state index contributed by atoms with van der Waals surface area (Å²) in [5.41, 5.74) is 2.94. The van der Waals surface area contributed by atoms with Gasteiger partial charge >= 0.3 is 0 Å². The second kappa shape index (κ2) is 7.95. The molecule has 2 unspecified atom stereocenters. The summed E-state index contributed by atoms with van der Waals surface area (Å²) in [7, 11) is 0. The number of amides is 2. The van der Waals surface area contributed by atoms with E-state index in [1.165, 1.54) is 17.3 Å². The number of aliphatic imine (C=N–C) groups is 2. The first-order valence-electron chi connectivity index (χ1n) is 8.83. The summed E-state index contributed by atoms with van der Waals surface area (Å²) in [4.78, 5) is 33.2. The van der Waals surface area contributed by atoms with Gasteiger partial charge in [-0.25, -0.2) is 4.99 Å². The van der Waals surface area contributed by atoms with Gasteiger partial charge < -0.3 is 5.32 Å². The molecule has 1 aliphatic heterocycles. The Balaban J connectivity index is 1.61. The zero-order valence-corrected chi connectivity index (χ0v) is 15.4. The van der Waals surface area contributed by atoms with Crippen molar-refractivity contribution in [1.82, 2.24) is 0 Å². The van der Waals surface area contributed by atoms with Crippen LogP contribution in [-0.4, -0.2) is 27.9 Å². The summed E-state index contributed by atoms with van der Waals surface area (Å²) in [6.07, 6.45) is 4.81. The molecule has 0 aromatic heterocycles. The van der Waals surface area contributed by atoms with Crippen molar-refractivity contribution in [3.63, 3.8) is 0 Å². The monoisotopic (exact) mass is 357 g/mol. The van der Waals surface area contributed by atoms with Gasteiger partial charge in [-0.3, -0.25) is 9.59 Å². The van der Waals surface area contributed by atoms with E-state index in [2.05, 4.69) is 22.2 Å². The van der Waals surface area contributed by atoms with Crippen LogP contribution >= 0.6 is 11.8 Å². The number of carbonyl (C=O) groups is 2. The molecule has 2 atom stereocenters. The number of carbonyl (C=O) groups excluding carboxylic acids is 2. The summed E-state index contributed by atoms with van der Waals surface area (Å²) >= 11 is 1.24. The lowest BCUT2D eigenvalue weighted by Gasteiger charge is -2.24. The van der Waals surface area contributed by atoms with Gasteiger partial charge in [0, 0.05) is 11.4 Å². The molecular formula is C19H23N3O2S. The first-order chi connectivity index (χ1) is 12.1. The van der Waals surface area contributed by atoms with E-state index in [0.29, 0.717) is 5.17 Å². The second-order valence-corrected chi connectivity index (χ2v) is 7.74. The van der Waals surface area contributed by atoms with Gasteiger partial charge in [-0.15, -0.1) is 0 Å². The number of nitrogens with one attached hydrogen (secondary N) is 1. The molecule has 1 aromatic rings. The molecule has 2 aliphatic rings. The number of rotatable bonds is 4. The Morgan fingerprint density at radius 2 is 2.04 bits per heavy atom. The Bertz CT molecular complexity index is 725. The largest absolute Gasteiger partial charge is 0.325 e. The summed E-state index contributed by atoms with van der Waals surface area (Å²) in [5, 5.41) is 2.95. The number of amidine groups is 1. The van der Waals surface area contributed by atoms with Gasteiger partial charge in [0.05, 0.1) is 11.2 Å². The number of thioether (sulfide) groups is 1. The van der Waals surface area contributed by atoms with E-state index >= 15 is 0 Å². The van der Waals surface area contributed by atoms with E-state index in [4.69, 9.17) is 0 Å². The molecule has 1 heterocycles. The van der Waals surface area contributed by atoms with Gasteiger partial charge in [-0.1, -0.05) is 37.2 Å². The number of aryl methyl sites for hydroxylation is 1. The van der Waals surface area contributed by atoms with Crippen molar-refractivity contribution >= 4 is 40.1 Å². The SMILES string of the molecule is CCc1ccc(NC(=O)C(C)SC2=NC(=O)C3CCCCC3=N2)cc1. The van der Waals surface area contributed by atoms with Gasteiger partial charge in [0.15, 0.2) is 5.17 Å². The Morgan fingerprint density at radius 3 is 2.76 bits per heavy atom. The maximum atomic E-state index is 12.4. The van der Waals surface area contributed by atoms with Crippen molar-refractivity contribution < 1.29 is 9.59 Å². The summed E-state index contributed by atoms with van der Waals surface area (Å²) in [5.74, 6) is -0.343. The van der Waals surface area contributed by atoms with Gasteiger partial charge in [0.2, 0.25) is 5.91 Å². The quantitative estimate of drug-likeness (QED) is 0.890. The highest BCUT2D eigenvalue weighted by Gasteiger charge is 2.31. The summed E-state index contributed by atoms with van der Waals surface area (Å²) < 4.78 is 0. The second-order valence-electron chi connectivity index (χ2n) is 6.43. The highest BCUT2D eigenvalue weighted by molar-refractivity contribution is 8.15. The van der Waals surface area contributed by atoms with Crippen molar-refractivity contribution in [1.29, 1.82) is 0 Å². The van der Waals surface area contributed by atoms with Gasteiger partial charge in [-0.05, 0) is 50.3 Å². The van der Waals surface area contributed by atoms with E-state index in [1.807, 2.05) is 24.3 Å². The Morgan fingerprint density at radius 1 is 1.28 bits per heavy atom. The molecule has 6 heteroatoms. The lowest BCUT2D eigenvalue weighted by molar-refractivity contribution is -0.120. The van der Waals surface area contributed by atoms with Crippen LogP contribution in [0, 0.1) is 5.92 Å². The molecule has 0 spiro atoms. The number of nitrogens with zero attached hydrogens (tertiary/aromatic N) is 2. The fourth-order valence-electron chi connectivity index (χ4n) is 3.05. The smallest absolute Gasteiger partial charge is 0.256 e. The van der Waals surface area contributed by atoms with Crippen LogP contribution in [0.3, 0.4) is 0 Å². The molecule has 1 fully saturated rings. The normalized spacial score (nSPS) is 21.0. The molecule has 5 nitrogen and oxygen atoms in total. The third kappa shape index (κ3) is 4.37. The van der Waals surface area contributed by atoms with Gasteiger partial charge in [0.25, 0.3) is 5.91 Å². The topological polar surface area (TPSA) is 70.9 Å². The van der Waals surface area contributed by atoms with Crippen LogP contribution in [0.15, 0.2) is 34.3 Å². The highest BCUT2D eigenvalue weighted by Crippen LogP contribution is 2.28. The summed E-state index contributed by atoms with van der Waals surface area (Å²) in [6.45, 7) is 3.90. The third-order valence-corrected chi connectivity index (χ3v) is 5.56. The molecule has 1 saturated carbocycles. The number of fused-ring (bicyclic) bond motifs is 1. The van der Waals surface area contributed by atoms with Crippen LogP contribution in [0.5, 0.6) is 0 Å². The maximum Gasteiger partial charge on any atom is 0.256 e. The average molecular weight is 357 g/mol. The maximum absolute atomic E-state index is 12.4. The average Bonchev–Trinajstić information content (AvgIpc) is 2.62. The molecule has 1 aliphatic carbocycles. The van der Waals surface area contributed by atoms with Crippen molar-refractivity contribution in [3.8, 4) is 0 Å².